The molecular formula is C21H25FN2O3S. The molecule has 0 unspecified atom stereocenters. The highest BCUT2D eigenvalue weighted by atomic mass is 32.2. The van der Waals surface area contributed by atoms with Crippen LogP contribution in [0.15, 0.2) is 59.5 Å². The Morgan fingerprint density at radius 2 is 1.61 bits per heavy atom. The van der Waals surface area contributed by atoms with Crippen molar-refractivity contribution in [2.24, 2.45) is 0 Å². The Balaban J connectivity index is 1.88. The Bertz CT molecular complexity index is 895. The zero-order valence-electron chi connectivity index (χ0n) is 15.9. The predicted molar refractivity (Wildman–Crippen MR) is 107 cm³/mol. The average Bonchev–Trinajstić information content (AvgIpc) is 2.72. The molecule has 0 aromatic heterocycles. The van der Waals surface area contributed by atoms with Gasteiger partial charge in [0.05, 0.1) is 11.4 Å². The Morgan fingerprint density at radius 3 is 2.21 bits per heavy atom. The molecule has 1 fully saturated rings. The third-order valence-corrected chi connectivity index (χ3v) is 7.12. The van der Waals surface area contributed by atoms with Crippen LogP contribution in [0.4, 0.5) is 10.1 Å². The third kappa shape index (κ3) is 4.59. The molecule has 1 aliphatic carbocycles. The van der Waals surface area contributed by atoms with E-state index in [1.165, 1.54) is 21.3 Å². The smallest absolute Gasteiger partial charge is 0.243 e. The summed E-state index contributed by atoms with van der Waals surface area (Å²) in [6, 6.07) is 13.7. The lowest BCUT2D eigenvalue weighted by Crippen LogP contribution is -2.47. The van der Waals surface area contributed by atoms with Crippen LogP contribution in [0, 0.1) is 5.82 Å². The van der Waals surface area contributed by atoms with E-state index in [0.29, 0.717) is 5.69 Å². The van der Waals surface area contributed by atoms with Gasteiger partial charge in [0.15, 0.2) is 0 Å². The van der Waals surface area contributed by atoms with Crippen LogP contribution in [0.25, 0.3) is 0 Å². The van der Waals surface area contributed by atoms with Crippen molar-refractivity contribution in [2.75, 3.05) is 18.5 Å². The second-order valence-electron chi connectivity index (χ2n) is 7.08. The maximum atomic E-state index is 13.3. The first-order chi connectivity index (χ1) is 13.4. The van der Waals surface area contributed by atoms with Gasteiger partial charge in [-0.15, -0.1) is 0 Å². The van der Waals surface area contributed by atoms with E-state index in [2.05, 4.69) is 0 Å². The maximum absolute atomic E-state index is 13.3. The average molecular weight is 405 g/mol. The number of halogens is 1. The fraction of sp³-hybridized carbons (Fsp3) is 0.381. The molecule has 0 heterocycles. The molecule has 2 aromatic rings. The fourth-order valence-electron chi connectivity index (χ4n) is 3.56. The van der Waals surface area contributed by atoms with Crippen LogP contribution < -0.4 is 4.90 Å². The van der Waals surface area contributed by atoms with Gasteiger partial charge in [0.25, 0.3) is 0 Å². The number of rotatable bonds is 6. The summed E-state index contributed by atoms with van der Waals surface area (Å²) in [5.74, 6) is -0.800. The van der Waals surface area contributed by atoms with Crippen molar-refractivity contribution < 1.29 is 17.6 Å². The fourth-order valence-corrected chi connectivity index (χ4v) is 5.19. The number of hydrogen-bond acceptors (Lipinski definition) is 3. The minimum absolute atomic E-state index is 0.00892. The van der Waals surface area contributed by atoms with Crippen LogP contribution in [-0.4, -0.2) is 38.3 Å². The van der Waals surface area contributed by atoms with E-state index in [-0.39, 0.29) is 23.4 Å². The molecule has 1 saturated carbocycles. The van der Waals surface area contributed by atoms with Crippen LogP contribution in [0.5, 0.6) is 0 Å². The third-order valence-electron chi connectivity index (χ3n) is 5.21. The van der Waals surface area contributed by atoms with Crippen molar-refractivity contribution in [3.8, 4) is 0 Å². The molecule has 1 amide bonds. The van der Waals surface area contributed by atoms with Gasteiger partial charge >= 0.3 is 0 Å². The number of amides is 1. The van der Waals surface area contributed by atoms with Gasteiger partial charge in [0.2, 0.25) is 15.9 Å². The van der Waals surface area contributed by atoms with Crippen LogP contribution >= 0.6 is 0 Å². The number of carbonyl (C=O) groups is 1. The zero-order chi connectivity index (χ0) is 20.1. The summed E-state index contributed by atoms with van der Waals surface area (Å²) in [5, 5.41) is 0. The number of para-hydroxylation sites is 1. The largest absolute Gasteiger partial charge is 0.314 e. The molecule has 5 nitrogen and oxygen atoms in total. The molecule has 7 heteroatoms. The van der Waals surface area contributed by atoms with E-state index in [1.807, 2.05) is 18.2 Å². The molecule has 0 aliphatic heterocycles. The highest BCUT2D eigenvalue weighted by Crippen LogP contribution is 2.28. The molecule has 0 atom stereocenters. The molecule has 0 N–H and O–H groups in total. The number of likely N-dealkylation sites (N-methyl/N-ethyl adjacent to an activating group) is 1. The van der Waals surface area contributed by atoms with E-state index < -0.39 is 15.8 Å². The van der Waals surface area contributed by atoms with E-state index >= 15 is 0 Å². The van der Waals surface area contributed by atoms with Crippen LogP contribution in [0.2, 0.25) is 0 Å². The predicted octanol–water partition coefficient (Wildman–Crippen LogP) is 3.81. The van der Waals surface area contributed by atoms with Crippen LogP contribution in [0.1, 0.15) is 32.1 Å². The first-order valence-electron chi connectivity index (χ1n) is 9.48. The molecule has 0 saturated heterocycles. The van der Waals surface area contributed by atoms with Crippen molar-refractivity contribution in [1.29, 1.82) is 0 Å². The Hall–Kier alpha value is -2.25. The molecule has 0 spiro atoms. The van der Waals surface area contributed by atoms with E-state index in [9.17, 15) is 17.6 Å². The monoisotopic (exact) mass is 404 g/mol. The van der Waals surface area contributed by atoms with Crippen LogP contribution in [-0.2, 0) is 14.8 Å². The van der Waals surface area contributed by atoms with E-state index in [4.69, 9.17) is 0 Å². The molecule has 3 rings (SSSR count). The van der Waals surface area contributed by atoms with E-state index in [0.717, 1.165) is 44.2 Å². The molecule has 150 valence electrons. The summed E-state index contributed by atoms with van der Waals surface area (Å²) in [5.41, 5.74) is 0.704. The second-order valence-corrected chi connectivity index (χ2v) is 8.97. The van der Waals surface area contributed by atoms with Crippen molar-refractivity contribution >= 4 is 21.6 Å². The van der Waals surface area contributed by atoms with Gasteiger partial charge in [-0.25, -0.2) is 12.8 Å². The molecule has 0 bridgehead atoms. The molecule has 2 aromatic carbocycles. The Morgan fingerprint density at radius 1 is 1.00 bits per heavy atom. The van der Waals surface area contributed by atoms with Gasteiger partial charge in [0, 0.05) is 18.8 Å². The minimum atomic E-state index is -3.91. The highest BCUT2D eigenvalue weighted by Gasteiger charge is 2.34. The van der Waals surface area contributed by atoms with Gasteiger partial charge in [-0.2, -0.15) is 4.31 Å². The summed E-state index contributed by atoms with van der Waals surface area (Å²) in [6.07, 6.45) is 4.38. The minimum Gasteiger partial charge on any atom is -0.314 e. The topological polar surface area (TPSA) is 57.7 Å². The molecule has 0 radical (unpaired) electrons. The highest BCUT2D eigenvalue weighted by molar-refractivity contribution is 7.89. The quantitative estimate of drug-likeness (QED) is 0.736. The summed E-state index contributed by atoms with van der Waals surface area (Å²) in [6.45, 7) is -0.240. The summed E-state index contributed by atoms with van der Waals surface area (Å²) in [7, 11) is -2.27. The normalized spacial score (nSPS) is 15.5. The first kappa shape index (κ1) is 20.5. The van der Waals surface area contributed by atoms with E-state index in [1.54, 1.807) is 19.2 Å². The lowest BCUT2D eigenvalue weighted by Gasteiger charge is -2.34. The number of benzene rings is 2. The zero-order valence-corrected chi connectivity index (χ0v) is 16.7. The first-order valence-corrected chi connectivity index (χ1v) is 10.9. The SMILES string of the molecule is CN(C(=O)CN(C1CCCCC1)S(=O)(=O)c1ccc(F)cc1)c1ccccc1. The molecule has 1 aliphatic rings. The standard InChI is InChI=1S/C21H25FN2O3S/c1-23(18-8-4-2-5-9-18)21(25)16-24(19-10-6-3-7-11-19)28(26,27)20-14-12-17(22)13-15-20/h2,4-5,8-9,12-15,19H,3,6-7,10-11,16H2,1H3. The second kappa shape index (κ2) is 8.84. The molecular weight excluding hydrogens is 379 g/mol. The lowest BCUT2D eigenvalue weighted by atomic mass is 9.95. The van der Waals surface area contributed by atoms with Crippen molar-refractivity contribution in [2.45, 2.75) is 43.0 Å². The van der Waals surface area contributed by atoms with Gasteiger partial charge in [0.1, 0.15) is 5.82 Å². The number of hydrogen-bond donors (Lipinski definition) is 0. The Kier molecular flexibility index (Phi) is 6.46. The molecule has 28 heavy (non-hydrogen) atoms. The summed E-state index contributed by atoms with van der Waals surface area (Å²) < 4.78 is 41.1. The van der Waals surface area contributed by atoms with Crippen LogP contribution in [0.3, 0.4) is 0 Å². The number of nitrogens with zero attached hydrogens (tertiary/aromatic N) is 2. The Labute approximate surface area is 165 Å². The van der Waals surface area contributed by atoms with Crippen molar-refractivity contribution in [1.82, 2.24) is 4.31 Å². The lowest BCUT2D eigenvalue weighted by molar-refractivity contribution is -0.119. The van der Waals surface area contributed by atoms with Crippen molar-refractivity contribution in [3.05, 3.63) is 60.4 Å². The number of carbonyl (C=O) groups excluding carboxylic acids is 1. The van der Waals surface area contributed by atoms with Gasteiger partial charge < -0.3 is 4.90 Å². The maximum Gasteiger partial charge on any atom is 0.243 e. The van der Waals surface area contributed by atoms with Gasteiger partial charge in [-0.05, 0) is 49.2 Å². The summed E-state index contributed by atoms with van der Waals surface area (Å²) in [4.78, 5) is 14.4. The van der Waals surface area contributed by atoms with Gasteiger partial charge in [-0.3, -0.25) is 4.79 Å². The number of sulfonamides is 1. The summed E-state index contributed by atoms with van der Waals surface area (Å²) >= 11 is 0. The van der Waals surface area contributed by atoms with Gasteiger partial charge in [-0.1, -0.05) is 37.5 Å². The van der Waals surface area contributed by atoms with Crippen molar-refractivity contribution in [3.63, 3.8) is 0 Å². The number of anilines is 1.